The molecule has 0 amide bonds. The fraction of sp³-hybridized carbons (Fsp3) is 0.125. The number of nitrogens with zero attached hydrogens (tertiary/aromatic N) is 1. The highest BCUT2D eigenvalue weighted by Crippen LogP contribution is 2.45. The first-order chi connectivity index (χ1) is 15.3. The van der Waals surface area contributed by atoms with Crippen LogP contribution in [0, 0.1) is 0 Å². The van der Waals surface area contributed by atoms with Gasteiger partial charge in [0.2, 0.25) is 0 Å². The van der Waals surface area contributed by atoms with Crippen molar-refractivity contribution in [2.45, 2.75) is 18.9 Å². The number of benzene rings is 2. The molecule has 2 aromatic carbocycles. The zero-order valence-corrected chi connectivity index (χ0v) is 18.1. The topological polar surface area (TPSA) is 42.4 Å². The Labute approximate surface area is 191 Å². The van der Waals surface area contributed by atoms with Gasteiger partial charge in [0.25, 0.3) is 0 Å². The summed E-state index contributed by atoms with van der Waals surface area (Å²) in [5.74, 6) is 0.546. The van der Waals surface area contributed by atoms with Crippen molar-refractivity contribution in [3.8, 4) is 27.3 Å². The van der Waals surface area contributed by atoms with E-state index in [0.29, 0.717) is 33.4 Å². The molecular formula is C24H17ClF3NO2S. The minimum Gasteiger partial charge on any atom is -0.488 e. The Bertz CT molecular complexity index is 1210. The zero-order chi connectivity index (χ0) is 22.7. The van der Waals surface area contributed by atoms with Crippen LogP contribution < -0.4 is 4.74 Å². The summed E-state index contributed by atoms with van der Waals surface area (Å²) in [4.78, 5) is 4.34. The maximum absolute atomic E-state index is 13.2. The Hall–Kier alpha value is -2.87. The largest absolute Gasteiger partial charge is 0.488 e. The average molecular weight is 476 g/mol. The fourth-order valence-electron chi connectivity index (χ4n) is 3.31. The van der Waals surface area contributed by atoms with Gasteiger partial charge in [0.05, 0.1) is 0 Å². The molecule has 1 unspecified atom stereocenters. The van der Waals surface area contributed by atoms with E-state index in [4.69, 9.17) is 16.3 Å². The molecule has 0 aliphatic rings. The summed E-state index contributed by atoms with van der Waals surface area (Å²) in [6, 6.07) is 18.0. The number of ether oxygens (including phenoxy) is 1. The van der Waals surface area contributed by atoms with E-state index in [1.807, 2.05) is 30.3 Å². The van der Waals surface area contributed by atoms with E-state index in [0.717, 1.165) is 11.8 Å². The highest BCUT2D eigenvalue weighted by atomic mass is 35.5. The van der Waals surface area contributed by atoms with Crippen LogP contribution in [0.25, 0.3) is 21.6 Å². The quantitative estimate of drug-likeness (QED) is 0.318. The average Bonchev–Trinajstić information content (AvgIpc) is 3.27. The molecule has 1 atom stereocenters. The molecule has 0 spiro atoms. The van der Waals surface area contributed by atoms with Gasteiger partial charge in [-0.25, -0.2) is 0 Å². The van der Waals surface area contributed by atoms with Crippen molar-refractivity contribution in [2.24, 2.45) is 0 Å². The molecule has 0 saturated heterocycles. The Balaban J connectivity index is 1.76. The molecule has 8 heteroatoms. The molecule has 4 aromatic rings. The zero-order valence-electron chi connectivity index (χ0n) is 16.5. The molecule has 2 heterocycles. The molecule has 0 saturated carbocycles. The van der Waals surface area contributed by atoms with Crippen LogP contribution in [0.3, 0.4) is 0 Å². The van der Waals surface area contributed by atoms with E-state index < -0.39 is 12.3 Å². The lowest BCUT2D eigenvalue weighted by molar-refractivity contribution is -0.206. The molecule has 1 N–H and O–H groups in total. The lowest BCUT2D eigenvalue weighted by atomic mass is 9.97. The van der Waals surface area contributed by atoms with Gasteiger partial charge in [-0.15, -0.1) is 11.3 Å². The number of aromatic nitrogens is 1. The number of pyridine rings is 1. The second-order valence-corrected chi connectivity index (χ2v) is 8.34. The van der Waals surface area contributed by atoms with Gasteiger partial charge in [-0.05, 0) is 41.3 Å². The lowest BCUT2D eigenvalue weighted by Crippen LogP contribution is -2.21. The number of hydrogen-bond acceptors (Lipinski definition) is 4. The van der Waals surface area contributed by atoms with Crippen molar-refractivity contribution in [3.05, 3.63) is 94.6 Å². The molecule has 0 aliphatic heterocycles. The summed E-state index contributed by atoms with van der Waals surface area (Å²) in [5, 5.41) is 12.1. The first-order valence-corrected chi connectivity index (χ1v) is 10.8. The lowest BCUT2D eigenvalue weighted by Gasteiger charge is -2.18. The number of halogens is 4. The summed E-state index contributed by atoms with van der Waals surface area (Å²) in [6.45, 7) is 0.322. The van der Waals surface area contributed by atoms with Crippen LogP contribution in [0.4, 0.5) is 13.2 Å². The normalized spacial score (nSPS) is 12.5. The summed E-state index contributed by atoms with van der Waals surface area (Å²) in [5.41, 5.74) is 2.22. The smallest absolute Gasteiger partial charge is 0.418 e. The van der Waals surface area contributed by atoms with Gasteiger partial charge in [0, 0.05) is 44.5 Å². The van der Waals surface area contributed by atoms with Gasteiger partial charge >= 0.3 is 6.18 Å². The minimum atomic E-state index is -4.81. The van der Waals surface area contributed by atoms with E-state index in [-0.39, 0.29) is 11.1 Å². The highest BCUT2D eigenvalue weighted by Gasteiger charge is 2.41. The van der Waals surface area contributed by atoms with E-state index in [1.165, 1.54) is 23.6 Å². The molecule has 164 valence electrons. The van der Waals surface area contributed by atoms with Crippen molar-refractivity contribution in [1.82, 2.24) is 4.98 Å². The third-order valence-electron chi connectivity index (χ3n) is 4.84. The number of rotatable bonds is 6. The fourth-order valence-corrected chi connectivity index (χ4v) is 4.44. The Morgan fingerprint density at radius 1 is 1.00 bits per heavy atom. The summed E-state index contributed by atoms with van der Waals surface area (Å²) < 4.78 is 45.8. The molecule has 0 radical (unpaired) electrons. The van der Waals surface area contributed by atoms with Crippen LogP contribution in [0.5, 0.6) is 5.75 Å². The second kappa shape index (κ2) is 9.32. The Kier molecular flexibility index (Phi) is 6.50. The van der Waals surface area contributed by atoms with Gasteiger partial charge in [0.15, 0.2) is 6.10 Å². The number of aliphatic hydroxyl groups is 1. The molecule has 0 bridgehead atoms. The molecule has 32 heavy (non-hydrogen) atoms. The maximum Gasteiger partial charge on any atom is 0.418 e. The summed E-state index contributed by atoms with van der Waals surface area (Å²) >= 11 is 7.50. The minimum absolute atomic E-state index is 0.254. The summed E-state index contributed by atoms with van der Waals surface area (Å²) in [7, 11) is 0. The van der Waals surface area contributed by atoms with Crippen LogP contribution in [-0.4, -0.2) is 16.3 Å². The van der Waals surface area contributed by atoms with Crippen molar-refractivity contribution in [2.75, 3.05) is 0 Å². The van der Waals surface area contributed by atoms with Crippen molar-refractivity contribution >= 4 is 22.9 Å². The van der Waals surface area contributed by atoms with Gasteiger partial charge in [-0.1, -0.05) is 41.9 Å². The van der Waals surface area contributed by atoms with Crippen LogP contribution >= 0.6 is 22.9 Å². The van der Waals surface area contributed by atoms with E-state index in [9.17, 15) is 18.3 Å². The standard InChI is InChI=1S/C24H17ClF3NO2S/c25-16-6-7-21(31-14-15-4-2-1-3-5-15)19(12-16)18-9-11-32-22(18)17-8-10-29-13-20(17)23(30)24(26,27)28/h1-13,23,30H,14H2. The molecule has 3 nitrogen and oxygen atoms in total. The predicted molar refractivity (Wildman–Crippen MR) is 120 cm³/mol. The predicted octanol–water partition coefficient (Wildman–Crippen LogP) is 7.31. The Morgan fingerprint density at radius 2 is 1.78 bits per heavy atom. The van der Waals surface area contributed by atoms with E-state index in [1.54, 1.807) is 29.6 Å². The SMILES string of the molecule is OC(c1cnccc1-c1sccc1-c1cc(Cl)ccc1OCc1ccccc1)C(F)(F)F. The van der Waals surface area contributed by atoms with Crippen molar-refractivity contribution < 1.29 is 23.0 Å². The number of thiophene rings is 1. The van der Waals surface area contributed by atoms with Gasteiger partial charge < -0.3 is 9.84 Å². The van der Waals surface area contributed by atoms with Gasteiger partial charge in [-0.3, -0.25) is 4.98 Å². The van der Waals surface area contributed by atoms with Crippen LogP contribution in [0.1, 0.15) is 17.2 Å². The van der Waals surface area contributed by atoms with E-state index in [2.05, 4.69) is 4.98 Å². The van der Waals surface area contributed by atoms with E-state index >= 15 is 0 Å². The third kappa shape index (κ3) is 4.80. The first-order valence-electron chi connectivity index (χ1n) is 9.58. The molecule has 0 fully saturated rings. The van der Waals surface area contributed by atoms with Crippen molar-refractivity contribution in [3.63, 3.8) is 0 Å². The van der Waals surface area contributed by atoms with Crippen LogP contribution in [-0.2, 0) is 6.61 Å². The monoisotopic (exact) mass is 475 g/mol. The van der Waals surface area contributed by atoms with Crippen molar-refractivity contribution in [1.29, 1.82) is 0 Å². The third-order valence-corrected chi connectivity index (χ3v) is 6.02. The molecule has 4 rings (SSSR count). The molecule has 2 aromatic heterocycles. The number of hydrogen-bond donors (Lipinski definition) is 1. The second-order valence-electron chi connectivity index (χ2n) is 6.99. The first kappa shape index (κ1) is 22.3. The van der Waals surface area contributed by atoms with Crippen LogP contribution in [0.15, 0.2) is 78.4 Å². The summed E-state index contributed by atoms with van der Waals surface area (Å²) in [6.07, 6.45) is -5.01. The van der Waals surface area contributed by atoms with Crippen LogP contribution in [0.2, 0.25) is 5.02 Å². The highest BCUT2D eigenvalue weighted by molar-refractivity contribution is 7.14. The maximum atomic E-state index is 13.2. The number of alkyl halides is 3. The molecule has 0 aliphatic carbocycles. The van der Waals surface area contributed by atoms with Gasteiger partial charge in [0.1, 0.15) is 12.4 Å². The number of aliphatic hydroxyl groups excluding tert-OH is 1. The van der Waals surface area contributed by atoms with Gasteiger partial charge in [-0.2, -0.15) is 13.2 Å². The molecular weight excluding hydrogens is 459 g/mol. The Morgan fingerprint density at radius 3 is 2.53 bits per heavy atom.